The molecule has 1 aliphatic rings. The third-order valence-corrected chi connectivity index (χ3v) is 3.71. The summed E-state index contributed by atoms with van der Waals surface area (Å²) < 4.78 is 5.83. The summed E-state index contributed by atoms with van der Waals surface area (Å²) in [7, 11) is 0. The Kier molecular flexibility index (Phi) is 3.62. The molecule has 0 radical (unpaired) electrons. The maximum Gasteiger partial charge on any atom is 0.100 e. The predicted molar refractivity (Wildman–Crippen MR) is 76.6 cm³/mol. The van der Waals surface area contributed by atoms with Gasteiger partial charge in [-0.05, 0) is 18.1 Å². The van der Waals surface area contributed by atoms with Gasteiger partial charge in [-0.25, -0.2) is 0 Å². The molecule has 98 valence electrons. The molecule has 1 fully saturated rings. The summed E-state index contributed by atoms with van der Waals surface area (Å²) in [6.07, 6.45) is 0.242. The third kappa shape index (κ3) is 2.70. The molecule has 0 aromatic heterocycles. The van der Waals surface area contributed by atoms with Crippen molar-refractivity contribution in [3.8, 4) is 0 Å². The highest BCUT2D eigenvalue weighted by molar-refractivity contribution is 5.22. The van der Waals surface area contributed by atoms with E-state index in [1.807, 2.05) is 0 Å². The Balaban J connectivity index is 1.81. The minimum Gasteiger partial charge on any atom is -0.361 e. The van der Waals surface area contributed by atoms with E-state index in [-0.39, 0.29) is 6.10 Å². The lowest BCUT2D eigenvalue weighted by molar-refractivity contribution is 0.0969. The van der Waals surface area contributed by atoms with Gasteiger partial charge in [-0.1, -0.05) is 60.7 Å². The molecule has 2 aromatic rings. The number of benzene rings is 2. The first-order valence-corrected chi connectivity index (χ1v) is 6.79. The molecular weight excluding hydrogens is 234 g/mol. The van der Waals surface area contributed by atoms with Crippen LogP contribution >= 0.6 is 0 Å². The van der Waals surface area contributed by atoms with Crippen LogP contribution in [-0.4, -0.2) is 17.7 Å². The molecule has 0 amide bonds. The number of nitrogens with zero attached hydrogens (tertiary/aromatic N) is 1. The molecule has 19 heavy (non-hydrogen) atoms. The second-order valence-corrected chi connectivity index (χ2v) is 5.09. The van der Waals surface area contributed by atoms with Crippen LogP contribution in [0.15, 0.2) is 60.7 Å². The van der Waals surface area contributed by atoms with Crippen LogP contribution in [0.3, 0.4) is 0 Å². The highest BCUT2D eigenvalue weighted by Crippen LogP contribution is 2.32. The second kappa shape index (κ2) is 5.55. The molecule has 2 aromatic carbocycles. The Morgan fingerprint density at radius 2 is 1.63 bits per heavy atom. The normalized spacial score (nSPS) is 23.6. The largest absolute Gasteiger partial charge is 0.361 e. The lowest BCUT2D eigenvalue weighted by Gasteiger charge is -2.24. The first-order chi connectivity index (χ1) is 9.34. The molecule has 1 aliphatic heterocycles. The highest BCUT2D eigenvalue weighted by Gasteiger charge is 2.32. The monoisotopic (exact) mass is 253 g/mol. The number of hydrogen-bond acceptors (Lipinski definition) is 2. The van der Waals surface area contributed by atoms with E-state index >= 15 is 0 Å². The minimum atomic E-state index is 0.242. The third-order valence-electron chi connectivity index (χ3n) is 3.71. The average Bonchev–Trinajstić information content (AvgIpc) is 2.82. The standard InChI is InChI=1S/C17H19NO/c1-14-17(16-10-6-3-7-11-16)18(13-19-14)12-15-8-4-2-5-9-15/h2-11,14,17H,12-13H2,1H3/t14-,17-/m0/s1. The number of rotatable bonds is 3. The molecule has 0 bridgehead atoms. The SMILES string of the molecule is C[C@@H]1OCN(Cc2ccccc2)[C@@H]1c1ccccc1. The Morgan fingerprint density at radius 3 is 2.32 bits per heavy atom. The van der Waals surface area contributed by atoms with Crippen molar-refractivity contribution in [2.24, 2.45) is 0 Å². The van der Waals surface area contributed by atoms with Crippen LogP contribution < -0.4 is 0 Å². The van der Waals surface area contributed by atoms with E-state index in [1.165, 1.54) is 11.1 Å². The van der Waals surface area contributed by atoms with Gasteiger partial charge in [0.1, 0.15) is 6.73 Å². The highest BCUT2D eigenvalue weighted by atomic mass is 16.5. The van der Waals surface area contributed by atoms with Crippen molar-refractivity contribution in [3.63, 3.8) is 0 Å². The molecule has 2 heteroatoms. The Morgan fingerprint density at radius 1 is 1.00 bits per heavy atom. The van der Waals surface area contributed by atoms with Crippen molar-refractivity contribution < 1.29 is 4.74 Å². The Hall–Kier alpha value is -1.64. The molecule has 1 heterocycles. The van der Waals surface area contributed by atoms with Crippen LogP contribution in [0.1, 0.15) is 24.1 Å². The minimum absolute atomic E-state index is 0.242. The lowest BCUT2D eigenvalue weighted by Crippen LogP contribution is -2.26. The van der Waals surface area contributed by atoms with E-state index in [0.29, 0.717) is 12.8 Å². The first kappa shape index (κ1) is 12.4. The zero-order valence-corrected chi connectivity index (χ0v) is 11.2. The van der Waals surface area contributed by atoms with Gasteiger partial charge in [0.25, 0.3) is 0 Å². The summed E-state index contributed by atoms with van der Waals surface area (Å²) in [5.41, 5.74) is 2.67. The van der Waals surface area contributed by atoms with Crippen molar-refractivity contribution in [1.82, 2.24) is 4.90 Å². The van der Waals surface area contributed by atoms with Crippen LogP contribution in [0.2, 0.25) is 0 Å². The van der Waals surface area contributed by atoms with E-state index in [0.717, 1.165) is 6.54 Å². The van der Waals surface area contributed by atoms with E-state index in [9.17, 15) is 0 Å². The van der Waals surface area contributed by atoms with Gasteiger partial charge in [0.15, 0.2) is 0 Å². The summed E-state index contributed by atoms with van der Waals surface area (Å²) in [6.45, 7) is 3.79. The van der Waals surface area contributed by atoms with Crippen molar-refractivity contribution >= 4 is 0 Å². The fourth-order valence-electron chi connectivity index (χ4n) is 2.78. The van der Waals surface area contributed by atoms with E-state index < -0.39 is 0 Å². The fourth-order valence-corrected chi connectivity index (χ4v) is 2.78. The first-order valence-electron chi connectivity index (χ1n) is 6.79. The molecule has 0 unspecified atom stereocenters. The Bertz CT molecular complexity index is 511. The molecule has 2 atom stereocenters. The van der Waals surface area contributed by atoms with Crippen molar-refractivity contribution in [2.45, 2.75) is 25.6 Å². The molecule has 0 aliphatic carbocycles. The predicted octanol–water partition coefficient (Wildman–Crippen LogP) is 3.61. The summed E-state index contributed by atoms with van der Waals surface area (Å²) >= 11 is 0. The van der Waals surface area contributed by atoms with Gasteiger partial charge in [0.2, 0.25) is 0 Å². The molecule has 1 saturated heterocycles. The molecular formula is C17H19NO. The van der Waals surface area contributed by atoms with Crippen molar-refractivity contribution in [1.29, 1.82) is 0 Å². The van der Waals surface area contributed by atoms with Gasteiger partial charge in [-0.3, -0.25) is 4.90 Å². The molecule has 0 saturated carbocycles. The van der Waals surface area contributed by atoms with Crippen LogP contribution in [0.4, 0.5) is 0 Å². The zero-order valence-electron chi connectivity index (χ0n) is 11.2. The van der Waals surface area contributed by atoms with Gasteiger partial charge in [-0.2, -0.15) is 0 Å². The maximum atomic E-state index is 5.83. The van der Waals surface area contributed by atoms with Crippen LogP contribution in [0.25, 0.3) is 0 Å². The van der Waals surface area contributed by atoms with Gasteiger partial charge < -0.3 is 4.74 Å². The van der Waals surface area contributed by atoms with E-state index in [2.05, 4.69) is 72.5 Å². The molecule has 0 N–H and O–H groups in total. The van der Waals surface area contributed by atoms with Gasteiger partial charge in [0.05, 0.1) is 12.1 Å². The molecule has 3 rings (SSSR count). The number of hydrogen-bond donors (Lipinski definition) is 0. The maximum absolute atomic E-state index is 5.83. The van der Waals surface area contributed by atoms with Crippen LogP contribution in [0.5, 0.6) is 0 Å². The fraction of sp³-hybridized carbons (Fsp3) is 0.294. The van der Waals surface area contributed by atoms with Crippen LogP contribution in [-0.2, 0) is 11.3 Å². The topological polar surface area (TPSA) is 12.5 Å². The second-order valence-electron chi connectivity index (χ2n) is 5.09. The van der Waals surface area contributed by atoms with Gasteiger partial charge >= 0.3 is 0 Å². The van der Waals surface area contributed by atoms with Crippen LogP contribution in [0, 0.1) is 0 Å². The quantitative estimate of drug-likeness (QED) is 0.828. The lowest BCUT2D eigenvalue weighted by atomic mass is 10.0. The van der Waals surface area contributed by atoms with Crippen molar-refractivity contribution in [3.05, 3.63) is 71.8 Å². The van der Waals surface area contributed by atoms with E-state index in [1.54, 1.807) is 0 Å². The summed E-state index contributed by atoms with van der Waals surface area (Å²) in [5, 5.41) is 0. The average molecular weight is 253 g/mol. The van der Waals surface area contributed by atoms with Gasteiger partial charge in [0, 0.05) is 6.54 Å². The smallest absolute Gasteiger partial charge is 0.100 e. The van der Waals surface area contributed by atoms with E-state index in [4.69, 9.17) is 4.74 Å². The zero-order chi connectivity index (χ0) is 13.1. The Labute approximate surface area is 114 Å². The summed E-state index contributed by atoms with van der Waals surface area (Å²) in [4.78, 5) is 2.40. The van der Waals surface area contributed by atoms with Gasteiger partial charge in [-0.15, -0.1) is 0 Å². The molecule has 0 spiro atoms. The summed E-state index contributed by atoms with van der Waals surface area (Å²) in [5.74, 6) is 0. The molecule has 2 nitrogen and oxygen atoms in total. The summed E-state index contributed by atoms with van der Waals surface area (Å²) in [6, 6.07) is 21.6. The van der Waals surface area contributed by atoms with Crippen molar-refractivity contribution in [2.75, 3.05) is 6.73 Å². The number of ether oxygens (including phenoxy) is 1.